The molecule has 0 saturated carbocycles. The Bertz CT molecular complexity index is 1280. The summed E-state index contributed by atoms with van der Waals surface area (Å²) >= 11 is 0. The quantitative estimate of drug-likeness (QED) is 0.464. The smallest absolute Gasteiger partial charge is 0.257 e. The molecule has 9 nitrogen and oxygen atoms in total. The third-order valence-corrected chi connectivity index (χ3v) is 4.88. The first-order valence-corrected chi connectivity index (χ1v) is 10.1. The third kappa shape index (κ3) is 4.93. The number of nitrogens with zero attached hydrogens (tertiary/aromatic N) is 5. The second-order valence-corrected chi connectivity index (χ2v) is 7.15. The number of amides is 1. The van der Waals surface area contributed by atoms with E-state index in [1.807, 2.05) is 13.0 Å². The molecule has 0 spiro atoms. The fourth-order valence-corrected chi connectivity index (χ4v) is 3.27. The van der Waals surface area contributed by atoms with Gasteiger partial charge in [-0.25, -0.2) is 4.98 Å². The third-order valence-electron chi connectivity index (χ3n) is 4.88. The molecule has 0 aliphatic heterocycles. The fraction of sp³-hybridized carbons (Fsp3) is 0.167. The van der Waals surface area contributed by atoms with Crippen LogP contribution in [0, 0.1) is 6.92 Å². The molecule has 0 aliphatic rings. The zero-order valence-corrected chi connectivity index (χ0v) is 18.4. The van der Waals surface area contributed by atoms with Crippen LogP contribution < -0.4 is 14.8 Å². The number of pyridine rings is 3. The molecule has 0 aromatic carbocycles. The van der Waals surface area contributed by atoms with E-state index in [0.717, 1.165) is 11.1 Å². The van der Waals surface area contributed by atoms with E-state index < -0.39 is 0 Å². The van der Waals surface area contributed by atoms with Gasteiger partial charge in [0.05, 0.1) is 49.6 Å². The van der Waals surface area contributed by atoms with Crippen LogP contribution in [-0.2, 0) is 6.54 Å². The minimum Gasteiger partial charge on any atom is -0.491 e. The zero-order valence-electron chi connectivity index (χ0n) is 18.4. The van der Waals surface area contributed by atoms with Gasteiger partial charge in [-0.15, -0.1) is 0 Å². The second kappa shape index (κ2) is 9.82. The van der Waals surface area contributed by atoms with Crippen molar-refractivity contribution in [2.24, 2.45) is 0 Å². The van der Waals surface area contributed by atoms with Crippen molar-refractivity contribution in [2.45, 2.75) is 13.5 Å². The second-order valence-electron chi connectivity index (χ2n) is 7.15. The van der Waals surface area contributed by atoms with Gasteiger partial charge in [0, 0.05) is 42.1 Å². The normalized spacial score (nSPS) is 10.5. The Morgan fingerprint density at radius 1 is 0.939 bits per heavy atom. The maximum Gasteiger partial charge on any atom is 0.257 e. The number of ether oxygens (including phenoxy) is 2. The van der Waals surface area contributed by atoms with Gasteiger partial charge in [-0.05, 0) is 36.8 Å². The maximum atomic E-state index is 13.3. The molecular weight excluding hydrogens is 420 g/mol. The minimum atomic E-state index is -0.295. The van der Waals surface area contributed by atoms with Gasteiger partial charge in [-0.1, -0.05) is 0 Å². The molecule has 9 heteroatoms. The first-order valence-electron chi connectivity index (χ1n) is 10.1. The van der Waals surface area contributed by atoms with E-state index in [2.05, 4.69) is 30.2 Å². The lowest BCUT2D eigenvalue weighted by molar-refractivity contribution is 0.0951. The van der Waals surface area contributed by atoms with Gasteiger partial charge in [0.15, 0.2) is 5.75 Å². The molecule has 0 atom stereocenters. The number of carbonyl (C=O) groups excluding carboxylic acids is 1. The van der Waals surface area contributed by atoms with E-state index in [9.17, 15) is 4.79 Å². The number of methoxy groups -OCH3 is 2. The van der Waals surface area contributed by atoms with Gasteiger partial charge in [0.25, 0.3) is 11.8 Å². The highest BCUT2D eigenvalue weighted by atomic mass is 16.5. The van der Waals surface area contributed by atoms with Gasteiger partial charge in [-0.3, -0.25) is 24.7 Å². The number of nitrogens with one attached hydrogen (secondary N) is 1. The van der Waals surface area contributed by atoms with Crippen LogP contribution in [0.2, 0.25) is 0 Å². The van der Waals surface area contributed by atoms with Crippen molar-refractivity contribution < 1.29 is 14.3 Å². The van der Waals surface area contributed by atoms with Crippen LogP contribution >= 0.6 is 0 Å². The number of rotatable bonds is 7. The summed E-state index contributed by atoms with van der Waals surface area (Å²) in [6, 6.07) is 7.21. The highest BCUT2D eigenvalue weighted by molar-refractivity contribution is 6.01. The summed E-state index contributed by atoms with van der Waals surface area (Å²) in [6.45, 7) is 2.15. The van der Waals surface area contributed by atoms with Crippen LogP contribution in [0.3, 0.4) is 0 Å². The molecule has 1 amide bonds. The molecule has 4 aromatic rings. The molecule has 166 valence electrons. The molecular formula is C24H22N6O3. The lowest BCUT2D eigenvalue weighted by atomic mass is 10.0. The number of aromatic nitrogens is 5. The summed E-state index contributed by atoms with van der Waals surface area (Å²) in [5.74, 6) is 0.571. The highest BCUT2D eigenvalue weighted by Gasteiger charge is 2.17. The van der Waals surface area contributed by atoms with Gasteiger partial charge >= 0.3 is 0 Å². The van der Waals surface area contributed by atoms with E-state index in [0.29, 0.717) is 39.8 Å². The molecule has 4 heterocycles. The van der Waals surface area contributed by atoms with Crippen molar-refractivity contribution in [2.75, 3.05) is 14.2 Å². The first-order chi connectivity index (χ1) is 16.1. The Labute approximate surface area is 190 Å². The van der Waals surface area contributed by atoms with E-state index in [1.165, 1.54) is 7.11 Å². The first kappa shape index (κ1) is 21.8. The molecule has 1 N–H and O–H groups in total. The Morgan fingerprint density at radius 3 is 2.55 bits per heavy atom. The summed E-state index contributed by atoms with van der Waals surface area (Å²) in [5.41, 5.74) is 4.61. The summed E-state index contributed by atoms with van der Waals surface area (Å²) in [7, 11) is 3.05. The topological polar surface area (TPSA) is 112 Å². The SMILES string of the molecule is COc1ccc(CNC(=O)c2cc(-c3cncc(C)c3)ncc2-c2cnccn2)nc1OC. The number of hydrogen-bond acceptors (Lipinski definition) is 8. The number of aryl methyl sites for hydroxylation is 1. The molecule has 0 bridgehead atoms. The largest absolute Gasteiger partial charge is 0.491 e. The van der Waals surface area contributed by atoms with Crippen molar-refractivity contribution >= 4 is 5.91 Å². The molecule has 0 aliphatic carbocycles. The van der Waals surface area contributed by atoms with Crippen LogP contribution in [0.15, 0.2) is 61.4 Å². The molecule has 33 heavy (non-hydrogen) atoms. The van der Waals surface area contributed by atoms with Gasteiger partial charge in [-0.2, -0.15) is 0 Å². The standard InChI is InChI=1S/C24H22N6O3/c1-15-8-16(11-26-10-15)20-9-18(19(13-28-20)21-14-25-6-7-27-21)23(31)29-12-17-4-5-22(32-2)24(30-17)33-3/h4-11,13-14H,12H2,1-3H3,(H,29,31). The average Bonchev–Trinajstić information content (AvgIpc) is 2.87. The predicted octanol–water partition coefficient (Wildman–Crippen LogP) is 3.25. The van der Waals surface area contributed by atoms with E-state index in [4.69, 9.17) is 9.47 Å². The van der Waals surface area contributed by atoms with Crippen LogP contribution in [0.5, 0.6) is 11.6 Å². The Balaban J connectivity index is 1.66. The van der Waals surface area contributed by atoms with Crippen molar-refractivity contribution in [1.29, 1.82) is 0 Å². The summed E-state index contributed by atoms with van der Waals surface area (Å²) in [5, 5.41) is 2.91. The molecule has 4 rings (SSSR count). The summed E-state index contributed by atoms with van der Waals surface area (Å²) < 4.78 is 10.5. The predicted molar refractivity (Wildman–Crippen MR) is 122 cm³/mol. The maximum absolute atomic E-state index is 13.3. The van der Waals surface area contributed by atoms with Gasteiger partial charge in [0.2, 0.25) is 0 Å². The van der Waals surface area contributed by atoms with Crippen molar-refractivity contribution in [1.82, 2.24) is 30.2 Å². The van der Waals surface area contributed by atoms with E-state index >= 15 is 0 Å². The minimum absolute atomic E-state index is 0.197. The van der Waals surface area contributed by atoms with Crippen LogP contribution in [0.1, 0.15) is 21.6 Å². The van der Waals surface area contributed by atoms with Crippen molar-refractivity contribution in [3.63, 3.8) is 0 Å². The lowest BCUT2D eigenvalue weighted by Crippen LogP contribution is -2.24. The molecule has 0 unspecified atom stereocenters. The monoisotopic (exact) mass is 442 g/mol. The fourth-order valence-electron chi connectivity index (χ4n) is 3.27. The average molecular weight is 442 g/mol. The highest BCUT2D eigenvalue weighted by Crippen LogP contribution is 2.26. The van der Waals surface area contributed by atoms with Crippen LogP contribution in [-0.4, -0.2) is 45.0 Å². The Kier molecular flexibility index (Phi) is 6.49. The van der Waals surface area contributed by atoms with Crippen molar-refractivity contribution in [3.05, 3.63) is 78.3 Å². The van der Waals surface area contributed by atoms with Gasteiger partial charge in [0.1, 0.15) is 0 Å². The Morgan fingerprint density at radius 2 is 1.82 bits per heavy atom. The molecule has 4 aromatic heterocycles. The van der Waals surface area contributed by atoms with Crippen LogP contribution in [0.25, 0.3) is 22.5 Å². The molecule has 0 fully saturated rings. The number of hydrogen-bond donors (Lipinski definition) is 1. The molecule has 0 saturated heterocycles. The lowest BCUT2D eigenvalue weighted by Gasteiger charge is -2.12. The van der Waals surface area contributed by atoms with Crippen molar-refractivity contribution in [3.8, 4) is 34.1 Å². The van der Waals surface area contributed by atoms with Gasteiger partial charge < -0.3 is 14.8 Å². The number of carbonyl (C=O) groups is 1. The van der Waals surface area contributed by atoms with E-state index in [-0.39, 0.29) is 12.5 Å². The van der Waals surface area contributed by atoms with E-state index in [1.54, 1.807) is 62.5 Å². The van der Waals surface area contributed by atoms with Crippen LogP contribution in [0.4, 0.5) is 0 Å². The Hall–Kier alpha value is -4.40. The zero-order chi connectivity index (χ0) is 23.2. The summed E-state index contributed by atoms with van der Waals surface area (Å²) in [6.07, 6.45) is 9.85. The summed E-state index contributed by atoms with van der Waals surface area (Å²) in [4.78, 5) is 34.8. The molecule has 0 radical (unpaired) electrons.